The second-order valence-corrected chi connectivity index (χ2v) is 5.28. The van der Waals surface area contributed by atoms with E-state index in [2.05, 4.69) is 20.9 Å². The number of quaternary nitrogens is 1. The number of rotatable bonds is 5. The minimum absolute atomic E-state index is 0. The summed E-state index contributed by atoms with van der Waals surface area (Å²) in [5, 5.41) is 0. The fraction of sp³-hybridized carbons (Fsp3) is 0.467. The summed E-state index contributed by atoms with van der Waals surface area (Å²) >= 11 is 0. The molecule has 1 aliphatic rings. The molecule has 110 valence electrons. The molecule has 0 N–H and O–H groups in total. The van der Waals surface area contributed by atoms with Crippen molar-refractivity contribution in [3.63, 3.8) is 0 Å². The molecule has 0 radical (unpaired) electrons. The Balaban J connectivity index is 0.00000200. The maximum atomic E-state index is 12.2. The molecule has 1 aliphatic heterocycles. The van der Waals surface area contributed by atoms with Crippen LogP contribution in [0.4, 0.5) is 0 Å². The van der Waals surface area contributed by atoms with Crippen molar-refractivity contribution in [2.45, 2.75) is 13.8 Å². The molecular formula is C15H21IN2O2. The number of likely N-dealkylation sites (N-methyl/N-ethyl adjacent to an activating group) is 1. The van der Waals surface area contributed by atoms with E-state index in [1.807, 2.05) is 0 Å². The first kappa shape index (κ1) is 17.1. The fourth-order valence-electron chi connectivity index (χ4n) is 2.32. The predicted octanol–water partition coefficient (Wildman–Crippen LogP) is -1.23. The molecular weight excluding hydrogens is 367 g/mol. The van der Waals surface area contributed by atoms with Crippen molar-refractivity contribution < 1.29 is 38.0 Å². The van der Waals surface area contributed by atoms with Gasteiger partial charge in [-0.1, -0.05) is 12.1 Å². The quantitative estimate of drug-likeness (QED) is 0.360. The largest absolute Gasteiger partial charge is 1.00 e. The van der Waals surface area contributed by atoms with E-state index in [9.17, 15) is 9.59 Å². The minimum atomic E-state index is -0.153. The van der Waals surface area contributed by atoms with E-state index >= 15 is 0 Å². The lowest BCUT2D eigenvalue weighted by atomic mass is 10.1. The van der Waals surface area contributed by atoms with E-state index in [-0.39, 0.29) is 35.8 Å². The third-order valence-corrected chi connectivity index (χ3v) is 4.27. The first-order valence-electron chi connectivity index (χ1n) is 6.81. The lowest BCUT2D eigenvalue weighted by Gasteiger charge is -2.33. The Kier molecular flexibility index (Phi) is 5.70. The maximum absolute atomic E-state index is 12.2. The van der Waals surface area contributed by atoms with Crippen LogP contribution in [-0.2, 0) is 0 Å². The molecule has 2 amide bonds. The van der Waals surface area contributed by atoms with Gasteiger partial charge in [0.05, 0.1) is 44.4 Å². The Hall–Kier alpha value is -0.950. The highest BCUT2D eigenvalue weighted by Gasteiger charge is 2.36. The Morgan fingerprint density at radius 2 is 1.45 bits per heavy atom. The summed E-state index contributed by atoms with van der Waals surface area (Å²) in [5.74, 6) is -0.307. The van der Waals surface area contributed by atoms with Crippen molar-refractivity contribution in [2.24, 2.45) is 0 Å². The Morgan fingerprint density at radius 3 is 1.85 bits per heavy atom. The molecule has 1 aromatic rings. The van der Waals surface area contributed by atoms with Gasteiger partial charge < -0.3 is 28.5 Å². The molecule has 0 spiro atoms. The number of carbonyl (C=O) groups excluding carboxylic acids is 2. The third kappa shape index (κ3) is 3.03. The molecule has 0 unspecified atom stereocenters. The molecule has 0 saturated carbocycles. The van der Waals surface area contributed by atoms with Crippen LogP contribution in [0.1, 0.15) is 34.6 Å². The summed E-state index contributed by atoms with van der Waals surface area (Å²) in [6.45, 7) is 7.56. The van der Waals surface area contributed by atoms with Gasteiger partial charge in [0.15, 0.2) is 0 Å². The monoisotopic (exact) mass is 388 g/mol. The Morgan fingerprint density at radius 1 is 1.00 bits per heavy atom. The highest BCUT2D eigenvalue weighted by Crippen LogP contribution is 2.22. The molecule has 0 aliphatic carbocycles. The van der Waals surface area contributed by atoms with Gasteiger partial charge in [-0.2, -0.15) is 0 Å². The zero-order valence-corrected chi connectivity index (χ0v) is 14.4. The topological polar surface area (TPSA) is 37.4 Å². The highest BCUT2D eigenvalue weighted by molar-refractivity contribution is 6.21. The molecule has 1 heterocycles. The van der Waals surface area contributed by atoms with E-state index in [0.29, 0.717) is 17.7 Å². The Labute approximate surface area is 137 Å². The van der Waals surface area contributed by atoms with Crippen LogP contribution in [0.2, 0.25) is 0 Å². The van der Waals surface area contributed by atoms with Gasteiger partial charge in [-0.3, -0.25) is 14.5 Å². The standard InChI is InChI=1S/C15H21N2O2.HI/c1-4-17(3,5-2)11-10-16-14(18)12-8-6-7-9-13(12)15(16)19;/h6-9H,4-5,10-11H2,1-3H3;1H/q+1;/p-1. The van der Waals surface area contributed by atoms with Crippen molar-refractivity contribution in [3.8, 4) is 0 Å². The second-order valence-electron chi connectivity index (χ2n) is 5.28. The molecule has 0 atom stereocenters. The van der Waals surface area contributed by atoms with Crippen LogP contribution in [0, 0.1) is 0 Å². The summed E-state index contributed by atoms with van der Waals surface area (Å²) in [6, 6.07) is 7.05. The maximum Gasteiger partial charge on any atom is 0.261 e. The van der Waals surface area contributed by atoms with Gasteiger partial charge in [0.25, 0.3) is 11.8 Å². The van der Waals surface area contributed by atoms with Gasteiger partial charge in [-0.05, 0) is 26.0 Å². The second kappa shape index (κ2) is 6.67. The summed E-state index contributed by atoms with van der Waals surface area (Å²) in [5.41, 5.74) is 1.07. The van der Waals surface area contributed by atoms with Gasteiger partial charge in [0.2, 0.25) is 0 Å². The number of imide groups is 1. The van der Waals surface area contributed by atoms with Crippen LogP contribution in [0.15, 0.2) is 24.3 Å². The van der Waals surface area contributed by atoms with Crippen molar-refractivity contribution in [3.05, 3.63) is 35.4 Å². The molecule has 20 heavy (non-hydrogen) atoms. The smallest absolute Gasteiger partial charge is 0.261 e. The van der Waals surface area contributed by atoms with Crippen LogP contribution >= 0.6 is 0 Å². The number of halogens is 1. The number of hydrogen-bond acceptors (Lipinski definition) is 2. The first-order valence-corrected chi connectivity index (χ1v) is 6.81. The van der Waals surface area contributed by atoms with E-state index < -0.39 is 0 Å². The molecule has 2 rings (SSSR count). The Bertz CT molecular complexity index is 477. The zero-order valence-electron chi connectivity index (χ0n) is 12.2. The van der Waals surface area contributed by atoms with E-state index in [4.69, 9.17) is 0 Å². The number of benzene rings is 1. The lowest BCUT2D eigenvalue weighted by Crippen LogP contribution is -3.00. The predicted molar refractivity (Wildman–Crippen MR) is 73.9 cm³/mol. The van der Waals surface area contributed by atoms with Gasteiger partial charge in [-0.25, -0.2) is 0 Å². The van der Waals surface area contributed by atoms with Gasteiger partial charge >= 0.3 is 0 Å². The van der Waals surface area contributed by atoms with E-state index in [1.165, 1.54) is 4.90 Å². The molecule has 0 fully saturated rings. The van der Waals surface area contributed by atoms with Crippen LogP contribution in [0.3, 0.4) is 0 Å². The average Bonchev–Trinajstić information content (AvgIpc) is 2.69. The number of fused-ring (bicyclic) bond motifs is 1. The molecule has 1 aromatic carbocycles. The van der Waals surface area contributed by atoms with Gasteiger partial charge in [0.1, 0.15) is 0 Å². The van der Waals surface area contributed by atoms with Gasteiger partial charge in [-0.15, -0.1) is 0 Å². The normalized spacial score (nSPS) is 14.2. The number of hydrogen-bond donors (Lipinski definition) is 0. The minimum Gasteiger partial charge on any atom is -1.00 e. The van der Waals surface area contributed by atoms with Gasteiger partial charge in [0, 0.05) is 0 Å². The molecule has 0 saturated heterocycles. The van der Waals surface area contributed by atoms with Crippen molar-refractivity contribution in [1.29, 1.82) is 0 Å². The van der Waals surface area contributed by atoms with E-state index in [0.717, 1.165) is 24.1 Å². The number of nitrogens with zero attached hydrogens (tertiary/aromatic N) is 2. The summed E-state index contributed by atoms with van der Waals surface area (Å²) in [7, 11) is 2.15. The zero-order chi connectivity index (χ0) is 14.0. The lowest BCUT2D eigenvalue weighted by molar-refractivity contribution is -0.905. The number of amides is 2. The summed E-state index contributed by atoms with van der Waals surface area (Å²) < 4.78 is 0.868. The first-order chi connectivity index (χ1) is 9.02. The van der Waals surface area contributed by atoms with Crippen molar-refractivity contribution in [1.82, 2.24) is 4.90 Å². The fourth-order valence-corrected chi connectivity index (χ4v) is 2.32. The molecule has 5 heteroatoms. The summed E-state index contributed by atoms with van der Waals surface area (Å²) in [6.07, 6.45) is 0. The molecule has 4 nitrogen and oxygen atoms in total. The van der Waals surface area contributed by atoms with Crippen LogP contribution in [-0.4, -0.2) is 54.4 Å². The molecule has 0 bridgehead atoms. The highest BCUT2D eigenvalue weighted by atomic mass is 127. The SMILES string of the molecule is CC[N+](C)(CC)CCN1C(=O)c2ccccc2C1=O.[I-]. The average molecular weight is 388 g/mol. The van der Waals surface area contributed by atoms with Crippen molar-refractivity contribution >= 4 is 11.8 Å². The van der Waals surface area contributed by atoms with Crippen LogP contribution in [0.5, 0.6) is 0 Å². The third-order valence-electron chi connectivity index (χ3n) is 4.27. The van der Waals surface area contributed by atoms with E-state index in [1.54, 1.807) is 24.3 Å². The summed E-state index contributed by atoms with van der Waals surface area (Å²) in [4.78, 5) is 25.8. The van der Waals surface area contributed by atoms with Crippen LogP contribution < -0.4 is 24.0 Å². The van der Waals surface area contributed by atoms with Crippen LogP contribution in [0.25, 0.3) is 0 Å². The van der Waals surface area contributed by atoms with Crippen molar-refractivity contribution in [2.75, 3.05) is 33.2 Å². The number of carbonyl (C=O) groups is 2. The molecule has 0 aromatic heterocycles.